The Morgan fingerprint density at radius 3 is 1.76 bits per heavy atom. The van der Waals surface area contributed by atoms with E-state index in [1.165, 1.54) is 22.3 Å². The molecular formula is C29H22N2OS2. The second-order valence-corrected chi connectivity index (χ2v) is 11.2. The van der Waals surface area contributed by atoms with Crippen LogP contribution in [0.2, 0.25) is 0 Å². The van der Waals surface area contributed by atoms with Crippen molar-refractivity contribution in [1.82, 2.24) is 0 Å². The second kappa shape index (κ2) is 8.19. The summed E-state index contributed by atoms with van der Waals surface area (Å²) in [5, 5.41) is 7.47. The molecule has 0 unspecified atom stereocenters. The first-order valence-corrected chi connectivity index (χ1v) is 12.8. The summed E-state index contributed by atoms with van der Waals surface area (Å²) in [6.07, 6.45) is 0. The number of rotatable bonds is 4. The largest absolute Gasteiger partial charge is 0.292 e. The first-order valence-electron chi connectivity index (χ1n) is 11.2. The minimum atomic E-state index is -0.620. The van der Waals surface area contributed by atoms with E-state index in [9.17, 15) is 4.79 Å². The van der Waals surface area contributed by atoms with Crippen LogP contribution < -0.4 is 5.01 Å². The van der Waals surface area contributed by atoms with Crippen molar-refractivity contribution in [3.8, 4) is 0 Å². The maximum atomic E-state index is 12.6. The minimum absolute atomic E-state index is 0.0159. The number of hydrogen-bond acceptors (Lipinski definition) is 5. The number of anilines is 1. The number of benzene rings is 4. The maximum Gasteiger partial charge on any atom is 0.187 e. The van der Waals surface area contributed by atoms with Crippen LogP contribution >= 0.6 is 23.5 Å². The lowest BCUT2D eigenvalue weighted by Crippen LogP contribution is -2.34. The molecular weight excluding hydrogens is 456 g/mol. The van der Waals surface area contributed by atoms with Gasteiger partial charge in [-0.05, 0) is 28.8 Å². The minimum Gasteiger partial charge on any atom is -0.292 e. The molecule has 0 aliphatic carbocycles. The van der Waals surface area contributed by atoms with Crippen molar-refractivity contribution < 1.29 is 4.79 Å². The average Bonchev–Trinajstić information content (AvgIpc) is 3.43. The van der Waals surface area contributed by atoms with Gasteiger partial charge in [-0.3, -0.25) is 4.79 Å². The van der Waals surface area contributed by atoms with Gasteiger partial charge >= 0.3 is 0 Å². The molecule has 2 aliphatic rings. The molecule has 6 rings (SSSR count). The van der Waals surface area contributed by atoms with Crippen LogP contribution in [0.15, 0.2) is 120 Å². The van der Waals surface area contributed by atoms with Gasteiger partial charge in [-0.1, -0.05) is 127 Å². The van der Waals surface area contributed by atoms with Gasteiger partial charge < -0.3 is 0 Å². The van der Waals surface area contributed by atoms with Crippen molar-refractivity contribution in [1.29, 1.82) is 0 Å². The molecule has 0 saturated carbocycles. The van der Waals surface area contributed by atoms with E-state index < -0.39 is 8.95 Å². The normalized spacial score (nSPS) is 20.3. The van der Waals surface area contributed by atoms with E-state index in [2.05, 4.69) is 97.1 Å². The Kier molecular flexibility index (Phi) is 5.12. The lowest BCUT2D eigenvalue weighted by Gasteiger charge is -2.37. The van der Waals surface area contributed by atoms with Crippen molar-refractivity contribution in [2.75, 3.05) is 5.01 Å². The van der Waals surface area contributed by atoms with Gasteiger partial charge in [0.15, 0.2) is 15.0 Å². The first-order chi connectivity index (χ1) is 16.6. The molecule has 4 aromatic carbocycles. The summed E-state index contributed by atoms with van der Waals surface area (Å²) in [5.41, 5.74) is 5.78. The number of fused-ring (bicyclic) bond motifs is 2. The van der Waals surface area contributed by atoms with E-state index in [-0.39, 0.29) is 5.78 Å². The second-order valence-electron chi connectivity index (χ2n) is 8.35. The number of hydrazone groups is 1. The zero-order valence-electron chi connectivity index (χ0n) is 18.6. The van der Waals surface area contributed by atoms with Crippen LogP contribution in [-0.2, 0) is 13.7 Å². The molecule has 0 aromatic heterocycles. The fraction of sp³-hybridized carbons (Fsp3) is 0.103. The van der Waals surface area contributed by atoms with Crippen LogP contribution in [0.25, 0.3) is 0 Å². The van der Waals surface area contributed by atoms with Gasteiger partial charge in [0.2, 0.25) is 0 Å². The van der Waals surface area contributed by atoms with Crippen LogP contribution in [0.5, 0.6) is 0 Å². The van der Waals surface area contributed by atoms with Gasteiger partial charge in [0, 0.05) is 12.5 Å². The number of carbonyl (C=O) groups excluding carboxylic acids is 1. The number of carbonyl (C=O) groups is 1. The molecule has 0 radical (unpaired) electrons. The van der Waals surface area contributed by atoms with Crippen LogP contribution in [0.3, 0.4) is 0 Å². The summed E-state index contributed by atoms with van der Waals surface area (Å²) >= 11 is 3.40. The Bertz CT molecular complexity index is 1350. The Morgan fingerprint density at radius 1 is 0.706 bits per heavy atom. The van der Waals surface area contributed by atoms with E-state index in [4.69, 9.17) is 5.10 Å². The highest BCUT2D eigenvalue weighted by atomic mass is 32.2. The average molecular weight is 479 g/mol. The molecule has 166 valence electrons. The van der Waals surface area contributed by atoms with Gasteiger partial charge in [-0.15, -0.1) is 0 Å². The third kappa shape index (κ3) is 3.07. The lowest BCUT2D eigenvalue weighted by molar-refractivity contribution is -0.110. The van der Waals surface area contributed by atoms with Gasteiger partial charge in [-0.2, -0.15) is 5.10 Å². The summed E-state index contributed by atoms with van der Waals surface area (Å²) in [7, 11) is 0. The van der Waals surface area contributed by atoms with Crippen LogP contribution in [0, 0.1) is 0 Å². The predicted octanol–water partition coefficient (Wildman–Crippen LogP) is 6.99. The molecule has 1 spiro atoms. The number of ketones is 1. The van der Waals surface area contributed by atoms with Crippen molar-refractivity contribution in [3.63, 3.8) is 0 Å². The molecule has 4 aromatic rings. The maximum absolute atomic E-state index is 12.6. The molecule has 0 amide bonds. The molecule has 0 bridgehead atoms. The van der Waals surface area contributed by atoms with Gasteiger partial charge in [-0.25, -0.2) is 5.01 Å². The number of Topliss-reactive ketones (excluding diaryl/α,β-unsaturated/α-hetero) is 1. The van der Waals surface area contributed by atoms with E-state index in [1.807, 2.05) is 35.0 Å². The quantitative estimate of drug-likeness (QED) is 0.316. The van der Waals surface area contributed by atoms with Gasteiger partial charge in [0.05, 0.1) is 10.4 Å². The van der Waals surface area contributed by atoms with Crippen LogP contribution in [0.4, 0.5) is 5.69 Å². The van der Waals surface area contributed by atoms with Gasteiger partial charge in [0.1, 0.15) is 0 Å². The van der Waals surface area contributed by atoms with Crippen LogP contribution in [0.1, 0.15) is 29.2 Å². The van der Waals surface area contributed by atoms with Crippen LogP contribution in [-0.4, -0.2) is 10.8 Å². The fourth-order valence-electron chi connectivity index (χ4n) is 4.85. The molecule has 0 saturated heterocycles. The van der Waals surface area contributed by atoms with E-state index in [1.54, 1.807) is 18.7 Å². The summed E-state index contributed by atoms with van der Waals surface area (Å²) in [5.74, 6) is -0.0159. The summed E-state index contributed by atoms with van der Waals surface area (Å²) in [6.45, 7) is 1.60. The predicted molar refractivity (Wildman–Crippen MR) is 143 cm³/mol. The van der Waals surface area contributed by atoms with Crippen molar-refractivity contribution in [2.24, 2.45) is 5.10 Å². The smallest absolute Gasteiger partial charge is 0.187 e. The summed E-state index contributed by atoms with van der Waals surface area (Å²) < 4.78 is -1.08. The third-order valence-corrected chi connectivity index (χ3v) is 9.70. The molecule has 5 heteroatoms. The monoisotopic (exact) mass is 478 g/mol. The van der Waals surface area contributed by atoms with Crippen molar-refractivity contribution >= 4 is 40.0 Å². The molecule has 2 aliphatic heterocycles. The number of thioether (sulfide) groups is 2. The summed E-state index contributed by atoms with van der Waals surface area (Å²) in [6, 6.07) is 40.1. The highest BCUT2D eigenvalue weighted by Crippen LogP contribution is 2.70. The lowest BCUT2D eigenvalue weighted by atomic mass is 9.82. The topological polar surface area (TPSA) is 32.7 Å². The number of hydrogen-bond donors (Lipinski definition) is 0. The molecule has 0 fully saturated rings. The third-order valence-electron chi connectivity index (χ3n) is 6.31. The zero-order chi connectivity index (χ0) is 23.2. The number of para-hydroxylation sites is 1. The highest BCUT2D eigenvalue weighted by molar-refractivity contribution is 8.27. The highest BCUT2D eigenvalue weighted by Gasteiger charge is 2.61. The van der Waals surface area contributed by atoms with E-state index >= 15 is 0 Å². The van der Waals surface area contributed by atoms with E-state index in [0.29, 0.717) is 5.04 Å². The fourth-order valence-corrected chi connectivity index (χ4v) is 8.41. The Balaban J connectivity index is 1.65. The SMILES string of the molecule is CC(=O)C1=NN(c2ccccc2)[C@@]2(S1)SC(c1ccccc1)(c1ccccc1)c1ccccc12. The molecule has 3 nitrogen and oxygen atoms in total. The molecule has 34 heavy (non-hydrogen) atoms. The molecule has 2 heterocycles. The van der Waals surface area contributed by atoms with Gasteiger partial charge in [0.25, 0.3) is 0 Å². The first kappa shape index (κ1) is 21.3. The molecule has 0 N–H and O–H groups in total. The molecule has 1 atom stereocenters. The Labute approximate surface area is 207 Å². The van der Waals surface area contributed by atoms with Crippen molar-refractivity contribution in [3.05, 3.63) is 138 Å². The number of nitrogens with zero attached hydrogens (tertiary/aromatic N) is 2. The van der Waals surface area contributed by atoms with E-state index in [0.717, 1.165) is 5.69 Å². The Hall–Kier alpha value is -3.28. The Morgan fingerprint density at radius 2 is 1.21 bits per heavy atom. The standard InChI is InChI=1S/C29H22N2OS2/c1-21(32)27-30-31(24-17-9-4-10-18-24)29(33-27)26-20-12-11-19-25(26)28(34-29,22-13-5-2-6-14-22)23-15-7-3-8-16-23/h2-20H,1H3/t29-/m0/s1. The zero-order valence-corrected chi connectivity index (χ0v) is 20.2. The summed E-state index contributed by atoms with van der Waals surface area (Å²) in [4.78, 5) is 12.6. The van der Waals surface area contributed by atoms with Crippen molar-refractivity contribution in [2.45, 2.75) is 15.9 Å².